The Kier molecular flexibility index (Phi) is 2.95. The number of nitrogens with zero attached hydrogens (tertiary/aromatic N) is 3. The minimum atomic E-state index is -0.0829. The number of rotatable bonds is 3. The van der Waals surface area contributed by atoms with Gasteiger partial charge in [0, 0.05) is 37.5 Å². The number of hydrogen-bond donors (Lipinski definition) is 1. The van der Waals surface area contributed by atoms with Crippen molar-refractivity contribution in [2.24, 2.45) is 7.05 Å². The van der Waals surface area contributed by atoms with Crippen LogP contribution in [0.1, 0.15) is 5.82 Å². The van der Waals surface area contributed by atoms with Gasteiger partial charge in [-0.2, -0.15) is 0 Å². The standard InChI is InChI=1S/C11H12N4O/c1-15-7-6-13-10(15)8-11(16)14-9-2-4-12-5-3-9/h2-7H,8H2,1H3,(H,12,14,16). The Morgan fingerprint density at radius 2 is 2.12 bits per heavy atom. The molecule has 0 fully saturated rings. The molecule has 2 heterocycles. The zero-order valence-corrected chi connectivity index (χ0v) is 8.92. The van der Waals surface area contributed by atoms with E-state index >= 15 is 0 Å². The van der Waals surface area contributed by atoms with Crippen molar-refractivity contribution < 1.29 is 4.79 Å². The summed E-state index contributed by atoms with van der Waals surface area (Å²) in [5, 5.41) is 2.78. The normalized spacial score (nSPS) is 10.1. The summed E-state index contributed by atoms with van der Waals surface area (Å²) >= 11 is 0. The third-order valence-corrected chi connectivity index (χ3v) is 2.20. The molecule has 0 aromatic carbocycles. The molecule has 2 aromatic heterocycles. The number of imidazole rings is 1. The fourth-order valence-corrected chi connectivity index (χ4v) is 1.35. The number of aryl methyl sites for hydroxylation is 1. The van der Waals surface area contributed by atoms with E-state index < -0.39 is 0 Å². The molecule has 0 bridgehead atoms. The predicted molar refractivity (Wildman–Crippen MR) is 59.8 cm³/mol. The quantitative estimate of drug-likeness (QED) is 0.832. The van der Waals surface area contributed by atoms with Gasteiger partial charge in [0.25, 0.3) is 0 Å². The number of carbonyl (C=O) groups is 1. The molecule has 1 amide bonds. The van der Waals surface area contributed by atoms with Gasteiger partial charge in [-0.15, -0.1) is 0 Å². The van der Waals surface area contributed by atoms with Gasteiger partial charge in [-0.1, -0.05) is 0 Å². The number of amides is 1. The van der Waals surface area contributed by atoms with E-state index in [0.29, 0.717) is 0 Å². The van der Waals surface area contributed by atoms with Gasteiger partial charge in [-0.25, -0.2) is 4.98 Å². The number of pyridine rings is 1. The van der Waals surface area contributed by atoms with E-state index in [9.17, 15) is 4.79 Å². The fraction of sp³-hybridized carbons (Fsp3) is 0.182. The molecule has 0 saturated heterocycles. The predicted octanol–water partition coefficient (Wildman–Crippen LogP) is 0.996. The molecule has 2 aromatic rings. The van der Waals surface area contributed by atoms with Gasteiger partial charge in [-0.05, 0) is 12.1 Å². The molecule has 0 spiro atoms. The van der Waals surface area contributed by atoms with Crippen molar-refractivity contribution in [2.75, 3.05) is 5.32 Å². The molecule has 5 heteroatoms. The van der Waals surface area contributed by atoms with E-state index in [1.165, 1.54) is 0 Å². The lowest BCUT2D eigenvalue weighted by atomic mass is 10.3. The van der Waals surface area contributed by atoms with Crippen LogP contribution in [0.15, 0.2) is 36.9 Å². The summed E-state index contributed by atoms with van der Waals surface area (Å²) < 4.78 is 1.83. The Labute approximate surface area is 93.2 Å². The minimum absolute atomic E-state index is 0.0829. The topological polar surface area (TPSA) is 59.8 Å². The van der Waals surface area contributed by atoms with Crippen LogP contribution in [0.2, 0.25) is 0 Å². The number of nitrogens with one attached hydrogen (secondary N) is 1. The van der Waals surface area contributed by atoms with E-state index in [0.717, 1.165) is 11.5 Å². The summed E-state index contributed by atoms with van der Waals surface area (Å²) in [7, 11) is 1.86. The van der Waals surface area contributed by atoms with E-state index in [1.54, 1.807) is 30.7 Å². The van der Waals surface area contributed by atoms with Crippen LogP contribution in [0.4, 0.5) is 5.69 Å². The van der Waals surface area contributed by atoms with Gasteiger partial charge < -0.3 is 9.88 Å². The Balaban J connectivity index is 1.98. The largest absolute Gasteiger partial charge is 0.338 e. The summed E-state index contributed by atoms with van der Waals surface area (Å²) in [5.41, 5.74) is 0.745. The third-order valence-electron chi connectivity index (χ3n) is 2.20. The van der Waals surface area contributed by atoms with E-state index in [4.69, 9.17) is 0 Å². The van der Waals surface area contributed by atoms with Gasteiger partial charge in [0.2, 0.25) is 5.91 Å². The lowest BCUT2D eigenvalue weighted by Crippen LogP contribution is -2.16. The van der Waals surface area contributed by atoms with Crippen molar-refractivity contribution in [2.45, 2.75) is 6.42 Å². The molecule has 16 heavy (non-hydrogen) atoms. The van der Waals surface area contributed by atoms with Gasteiger partial charge in [0.1, 0.15) is 5.82 Å². The maximum atomic E-state index is 11.6. The number of hydrogen-bond acceptors (Lipinski definition) is 3. The number of anilines is 1. The second-order valence-electron chi connectivity index (χ2n) is 3.42. The molecule has 0 aliphatic carbocycles. The third kappa shape index (κ3) is 2.44. The van der Waals surface area contributed by atoms with Crippen molar-refractivity contribution in [1.82, 2.24) is 14.5 Å². The van der Waals surface area contributed by atoms with Crippen LogP contribution in [-0.2, 0) is 18.3 Å². The number of carbonyl (C=O) groups excluding carboxylic acids is 1. The molecule has 0 atom stereocenters. The van der Waals surface area contributed by atoms with Crippen LogP contribution in [0.25, 0.3) is 0 Å². The first-order valence-electron chi connectivity index (χ1n) is 4.92. The Morgan fingerprint density at radius 1 is 1.38 bits per heavy atom. The van der Waals surface area contributed by atoms with Crippen LogP contribution < -0.4 is 5.32 Å². The van der Waals surface area contributed by atoms with Gasteiger partial charge >= 0.3 is 0 Å². The highest BCUT2D eigenvalue weighted by atomic mass is 16.1. The summed E-state index contributed by atoms with van der Waals surface area (Å²) in [4.78, 5) is 19.6. The molecule has 0 radical (unpaired) electrons. The summed E-state index contributed by atoms with van der Waals surface area (Å²) in [6, 6.07) is 3.49. The highest BCUT2D eigenvalue weighted by molar-refractivity contribution is 5.91. The smallest absolute Gasteiger partial charge is 0.231 e. The molecular weight excluding hydrogens is 204 g/mol. The van der Waals surface area contributed by atoms with Crippen molar-refractivity contribution in [1.29, 1.82) is 0 Å². The minimum Gasteiger partial charge on any atom is -0.338 e. The molecule has 82 valence electrons. The Bertz CT molecular complexity index is 478. The first-order valence-corrected chi connectivity index (χ1v) is 4.92. The summed E-state index contributed by atoms with van der Waals surface area (Å²) in [6.07, 6.45) is 7.03. The second-order valence-corrected chi connectivity index (χ2v) is 3.42. The van der Waals surface area contributed by atoms with Gasteiger partial charge in [0.05, 0.1) is 6.42 Å². The lowest BCUT2D eigenvalue weighted by molar-refractivity contribution is -0.115. The van der Waals surface area contributed by atoms with Crippen LogP contribution in [-0.4, -0.2) is 20.4 Å². The second kappa shape index (κ2) is 4.57. The van der Waals surface area contributed by atoms with Crippen LogP contribution in [0, 0.1) is 0 Å². The summed E-state index contributed by atoms with van der Waals surface area (Å²) in [5.74, 6) is 0.659. The fourth-order valence-electron chi connectivity index (χ4n) is 1.35. The zero-order chi connectivity index (χ0) is 11.4. The van der Waals surface area contributed by atoms with Crippen LogP contribution in [0.5, 0.6) is 0 Å². The average molecular weight is 216 g/mol. The molecule has 0 unspecified atom stereocenters. The van der Waals surface area contributed by atoms with E-state index in [-0.39, 0.29) is 12.3 Å². The monoisotopic (exact) mass is 216 g/mol. The van der Waals surface area contributed by atoms with Gasteiger partial charge in [0.15, 0.2) is 0 Å². The van der Waals surface area contributed by atoms with Crippen molar-refractivity contribution >= 4 is 11.6 Å². The molecule has 5 nitrogen and oxygen atoms in total. The van der Waals surface area contributed by atoms with Gasteiger partial charge in [-0.3, -0.25) is 9.78 Å². The maximum Gasteiger partial charge on any atom is 0.231 e. The molecule has 2 rings (SSSR count). The molecular formula is C11H12N4O. The Morgan fingerprint density at radius 3 is 2.75 bits per heavy atom. The van der Waals surface area contributed by atoms with E-state index in [1.807, 2.05) is 17.8 Å². The lowest BCUT2D eigenvalue weighted by Gasteiger charge is -2.04. The zero-order valence-electron chi connectivity index (χ0n) is 8.92. The van der Waals surface area contributed by atoms with Crippen molar-refractivity contribution in [3.63, 3.8) is 0 Å². The average Bonchev–Trinajstić information content (AvgIpc) is 2.66. The van der Waals surface area contributed by atoms with Crippen molar-refractivity contribution in [3.8, 4) is 0 Å². The SMILES string of the molecule is Cn1ccnc1CC(=O)Nc1ccncc1. The van der Waals surface area contributed by atoms with E-state index in [2.05, 4.69) is 15.3 Å². The van der Waals surface area contributed by atoms with Crippen LogP contribution in [0.3, 0.4) is 0 Å². The first-order chi connectivity index (χ1) is 7.75. The highest BCUT2D eigenvalue weighted by Crippen LogP contribution is 2.04. The number of aromatic nitrogens is 3. The summed E-state index contributed by atoms with van der Waals surface area (Å²) in [6.45, 7) is 0. The van der Waals surface area contributed by atoms with Crippen LogP contribution >= 0.6 is 0 Å². The molecule has 0 aliphatic rings. The highest BCUT2D eigenvalue weighted by Gasteiger charge is 2.07. The molecule has 1 N–H and O–H groups in total. The Hall–Kier alpha value is -2.17. The maximum absolute atomic E-state index is 11.6. The molecule has 0 saturated carbocycles. The first kappa shape index (κ1) is 10.4. The molecule has 0 aliphatic heterocycles. The van der Waals surface area contributed by atoms with Crippen molar-refractivity contribution in [3.05, 3.63) is 42.7 Å².